The van der Waals surface area contributed by atoms with E-state index in [4.69, 9.17) is 16.7 Å². The van der Waals surface area contributed by atoms with Crippen LogP contribution in [0.25, 0.3) is 11.2 Å². The van der Waals surface area contributed by atoms with Gasteiger partial charge in [0.25, 0.3) is 0 Å². The molecule has 0 aromatic carbocycles. The van der Waals surface area contributed by atoms with E-state index in [9.17, 15) is 9.90 Å². The number of hydrogen-bond donors (Lipinski definition) is 2. The highest BCUT2D eigenvalue weighted by Gasteiger charge is 2.37. The summed E-state index contributed by atoms with van der Waals surface area (Å²) in [5.74, 6) is 0.849. The van der Waals surface area contributed by atoms with Crippen LogP contribution in [0.4, 0.5) is 4.79 Å². The van der Waals surface area contributed by atoms with Gasteiger partial charge in [0.1, 0.15) is 6.04 Å². The van der Waals surface area contributed by atoms with Gasteiger partial charge in [0.05, 0.1) is 12.6 Å². The molecule has 0 unspecified atom stereocenters. The molecule has 2 aromatic heterocycles. The summed E-state index contributed by atoms with van der Waals surface area (Å²) in [6.07, 6.45) is -0.991. The Morgan fingerprint density at radius 2 is 2.22 bits per heavy atom. The van der Waals surface area contributed by atoms with Crippen molar-refractivity contribution in [3.05, 3.63) is 5.15 Å². The monoisotopic (exact) mass is 358 g/mol. The molecule has 3 rings (SSSR count). The number of aliphatic hydroxyl groups excluding tert-OH is 1. The third-order valence-electron chi connectivity index (χ3n) is 3.54. The average Bonchev–Trinajstić information content (AvgIpc) is 3.08. The Bertz CT molecular complexity index is 741. The molecule has 1 saturated heterocycles. The maximum Gasteiger partial charge on any atom is 0.407 e. The maximum absolute atomic E-state index is 11.1. The number of carbonyl (C=O) groups is 1. The summed E-state index contributed by atoms with van der Waals surface area (Å²) in [4.78, 5) is 20.8. The fraction of sp³-hybridized carbons (Fsp3) is 0.583. The molecule has 124 valence electrons. The van der Waals surface area contributed by atoms with Crippen LogP contribution in [0.5, 0.6) is 0 Å². The number of halogens is 1. The molecular weight excluding hydrogens is 344 g/mol. The van der Waals surface area contributed by atoms with Crippen molar-refractivity contribution in [1.82, 2.24) is 29.9 Å². The van der Waals surface area contributed by atoms with Gasteiger partial charge in [-0.05, 0) is 6.42 Å². The lowest BCUT2D eigenvalue weighted by Crippen LogP contribution is -2.27. The third-order valence-corrected chi connectivity index (χ3v) is 4.86. The predicted octanol–water partition coefficient (Wildman–Crippen LogP) is 1.27. The molecular formula is C12H15ClN6O3S. The number of amides is 1. The first kappa shape index (κ1) is 16.2. The summed E-state index contributed by atoms with van der Waals surface area (Å²) >= 11 is 7.60. The van der Waals surface area contributed by atoms with E-state index < -0.39 is 18.2 Å². The van der Waals surface area contributed by atoms with Gasteiger partial charge in [-0.25, -0.2) is 19.4 Å². The number of hydrogen-bond acceptors (Lipinski definition) is 7. The van der Waals surface area contributed by atoms with E-state index in [1.165, 1.54) is 16.4 Å². The summed E-state index contributed by atoms with van der Waals surface area (Å²) in [7, 11) is 0. The minimum absolute atomic E-state index is 0.0254. The zero-order chi connectivity index (χ0) is 16.6. The number of thioether (sulfide) groups is 1. The second-order valence-corrected chi connectivity index (χ2v) is 6.59. The smallest absolute Gasteiger partial charge is 0.407 e. The van der Waals surface area contributed by atoms with E-state index in [2.05, 4.69) is 20.3 Å². The number of rotatable bonds is 4. The van der Waals surface area contributed by atoms with Crippen molar-refractivity contribution in [2.75, 3.05) is 18.8 Å². The van der Waals surface area contributed by atoms with Gasteiger partial charge in [-0.2, -0.15) is 0 Å². The Morgan fingerprint density at radius 1 is 1.43 bits per heavy atom. The van der Waals surface area contributed by atoms with Crippen LogP contribution in [-0.4, -0.2) is 71.1 Å². The molecule has 0 spiro atoms. The molecule has 2 aromatic rings. The van der Waals surface area contributed by atoms with Crippen molar-refractivity contribution in [2.45, 2.75) is 30.6 Å². The zero-order valence-electron chi connectivity index (χ0n) is 12.3. The summed E-state index contributed by atoms with van der Waals surface area (Å²) in [5, 5.41) is 27.9. The van der Waals surface area contributed by atoms with Gasteiger partial charge in [0.2, 0.25) is 0 Å². The highest BCUT2D eigenvalue weighted by Crippen LogP contribution is 2.28. The Labute approximate surface area is 140 Å². The van der Waals surface area contributed by atoms with Crippen molar-refractivity contribution >= 4 is 40.6 Å². The molecule has 11 heteroatoms. The van der Waals surface area contributed by atoms with Crippen LogP contribution in [0.2, 0.25) is 5.15 Å². The Hall–Kier alpha value is -1.65. The molecule has 0 saturated carbocycles. The minimum Gasteiger partial charge on any atom is -0.465 e. The van der Waals surface area contributed by atoms with Crippen LogP contribution in [-0.2, 0) is 0 Å². The average molecular weight is 359 g/mol. The summed E-state index contributed by atoms with van der Waals surface area (Å²) in [6.45, 7) is 2.19. The lowest BCUT2D eigenvalue weighted by molar-refractivity contribution is 0.131. The molecule has 23 heavy (non-hydrogen) atoms. The van der Waals surface area contributed by atoms with Gasteiger partial charge >= 0.3 is 6.09 Å². The Kier molecular flexibility index (Phi) is 4.55. The van der Waals surface area contributed by atoms with Gasteiger partial charge in [0.15, 0.2) is 21.5 Å². The van der Waals surface area contributed by atoms with Crippen molar-refractivity contribution in [1.29, 1.82) is 0 Å². The second-order valence-electron chi connectivity index (χ2n) is 5.17. The molecule has 0 bridgehead atoms. The first-order chi connectivity index (χ1) is 11.0. The van der Waals surface area contributed by atoms with Crippen LogP contribution < -0.4 is 0 Å². The van der Waals surface area contributed by atoms with E-state index in [0.717, 1.165) is 17.1 Å². The number of likely N-dealkylation sites (tertiary alicyclic amines) is 1. The van der Waals surface area contributed by atoms with E-state index in [-0.39, 0.29) is 18.2 Å². The van der Waals surface area contributed by atoms with E-state index >= 15 is 0 Å². The number of β-amino-alcohol motifs (C(OH)–C–C–N with tert-alkyl or cyclic N) is 1. The molecule has 3 heterocycles. The van der Waals surface area contributed by atoms with Gasteiger partial charge in [-0.3, -0.25) is 0 Å². The van der Waals surface area contributed by atoms with Crippen LogP contribution >= 0.6 is 23.4 Å². The van der Waals surface area contributed by atoms with Crippen molar-refractivity contribution in [2.24, 2.45) is 0 Å². The lowest BCUT2D eigenvalue weighted by Gasteiger charge is -2.13. The van der Waals surface area contributed by atoms with Gasteiger partial charge in [0, 0.05) is 12.3 Å². The normalized spacial score (nSPS) is 21.3. The molecule has 1 amide bonds. The van der Waals surface area contributed by atoms with Gasteiger partial charge in [-0.15, -0.1) is 5.10 Å². The van der Waals surface area contributed by atoms with Crippen LogP contribution in [0, 0.1) is 0 Å². The highest BCUT2D eigenvalue weighted by atomic mass is 35.5. The minimum atomic E-state index is -1.08. The molecule has 1 aliphatic heterocycles. The largest absolute Gasteiger partial charge is 0.465 e. The van der Waals surface area contributed by atoms with Crippen molar-refractivity contribution in [3.63, 3.8) is 0 Å². The SMILES string of the molecule is CCCSc1nc(Cl)c2nnn([C@@H]3CN(C(=O)O)C[C@H]3O)c2n1. The molecule has 9 nitrogen and oxygen atoms in total. The molecule has 2 N–H and O–H groups in total. The summed E-state index contributed by atoms with van der Waals surface area (Å²) in [6, 6.07) is -0.550. The van der Waals surface area contributed by atoms with E-state index in [1.807, 2.05) is 6.92 Å². The van der Waals surface area contributed by atoms with Gasteiger partial charge in [-0.1, -0.05) is 35.5 Å². The third kappa shape index (κ3) is 3.06. The summed E-state index contributed by atoms with van der Waals surface area (Å²) < 4.78 is 1.44. The van der Waals surface area contributed by atoms with Crippen LogP contribution in [0.3, 0.4) is 0 Å². The highest BCUT2D eigenvalue weighted by molar-refractivity contribution is 7.99. The molecule has 0 aliphatic carbocycles. The standard InChI is InChI=1S/C12H15ClN6O3S/c1-2-3-23-11-14-9(13)8-10(15-11)19(17-16-8)6-4-18(12(21)22)5-7(6)20/h6-7,20H,2-5H2,1H3,(H,21,22)/t6-,7-/m1/s1. The first-order valence-corrected chi connectivity index (χ1v) is 8.44. The zero-order valence-corrected chi connectivity index (χ0v) is 13.8. The van der Waals surface area contributed by atoms with Crippen LogP contribution in [0.1, 0.15) is 19.4 Å². The predicted molar refractivity (Wildman–Crippen MR) is 83.8 cm³/mol. The van der Waals surface area contributed by atoms with E-state index in [1.54, 1.807) is 0 Å². The second kappa shape index (κ2) is 6.46. The number of aliphatic hydroxyl groups is 1. The Balaban J connectivity index is 1.98. The first-order valence-electron chi connectivity index (χ1n) is 7.08. The number of fused-ring (bicyclic) bond motifs is 1. The number of carboxylic acid groups (broad SMARTS) is 1. The number of nitrogens with zero attached hydrogens (tertiary/aromatic N) is 6. The van der Waals surface area contributed by atoms with Crippen molar-refractivity contribution in [3.8, 4) is 0 Å². The quantitative estimate of drug-likeness (QED) is 0.476. The maximum atomic E-state index is 11.1. The van der Waals surface area contributed by atoms with Gasteiger partial charge < -0.3 is 15.1 Å². The fourth-order valence-electron chi connectivity index (χ4n) is 2.43. The van der Waals surface area contributed by atoms with Crippen LogP contribution in [0.15, 0.2) is 5.16 Å². The number of aromatic nitrogens is 5. The lowest BCUT2D eigenvalue weighted by atomic mass is 10.2. The molecule has 1 aliphatic rings. The molecule has 2 atom stereocenters. The topological polar surface area (TPSA) is 117 Å². The fourth-order valence-corrected chi connectivity index (χ4v) is 3.37. The summed E-state index contributed by atoms with van der Waals surface area (Å²) in [5.41, 5.74) is 0.744. The Morgan fingerprint density at radius 3 is 2.87 bits per heavy atom. The van der Waals surface area contributed by atoms with E-state index in [0.29, 0.717) is 16.3 Å². The molecule has 0 radical (unpaired) electrons. The molecule has 1 fully saturated rings. The van der Waals surface area contributed by atoms with Crippen molar-refractivity contribution < 1.29 is 15.0 Å².